The van der Waals surface area contributed by atoms with Crippen molar-refractivity contribution in [1.82, 2.24) is 19.9 Å². The third kappa shape index (κ3) is 5.84. The van der Waals surface area contributed by atoms with Gasteiger partial charge in [0.2, 0.25) is 11.9 Å². The Kier molecular flexibility index (Phi) is 6.02. The normalized spacial score (nSPS) is 14.6. The van der Waals surface area contributed by atoms with Crippen molar-refractivity contribution in [2.45, 2.75) is 43.3 Å². The zero-order valence-electron chi connectivity index (χ0n) is 13.9. The Bertz CT molecular complexity index is 756. The van der Waals surface area contributed by atoms with Gasteiger partial charge < -0.3 is 10.6 Å². The number of hydrogen-bond acceptors (Lipinski definition) is 7. The Hall–Kier alpha value is -2.31. The number of nitrogens with zero attached hydrogens (tertiary/aromatic N) is 4. The second kappa shape index (κ2) is 7.74. The van der Waals surface area contributed by atoms with E-state index in [4.69, 9.17) is 0 Å². The van der Waals surface area contributed by atoms with Crippen molar-refractivity contribution in [3.8, 4) is 11.5 Å². The van der Waals surface area contributed by atoms with Crippen LogP contribution in [-0.2, 0) is 0 Å². The van der Waals surface area contributed by atoms with Crippen LogP contribution in [0, 0.1) is 0 Å². The van der Waals surface area contributed by atoms with Crippen LogP contribution < -0.4 is 10.6 Å². The fourth-order valence-electron chi connectivity index (χ4n) is 1.72. The lowest BCUT2D eigenvalue weighted by molar-refractivity contribution is -0.139. The summed E-state index contributed by atoms with van der Waals surface area (Å²) in [5, 5.41) is 4.28. The fraction of sp³-hybridized carbons (Fsp3) is 0.429. The lowest BCUT2D eigenvalue weighted by atomic mass is 10.3. The maximum atomic E-state index is 12.8. The van der Waals surface area contributed by atoms with Crippen LogP contribution in [0.15, 0.2) is 23.2 Å². The van der Waals surface area contributed by atoms with Crippen molar-refractivity contribution in [1.29, 1.82) is 0 Å². The van der Waals surface area contributed by atoms with Crippen LogP contribution >= 0.6 is 12.6 Å². The molecule has 0 aliphatic rings. The minimum Gasteiger partial charge on any atom is -0.343 e. The number of pyridine rings is 1. The molecule has 0 amide bonds. The first-order chi connectivity index (χ1) is 12.4. The summed E-state index contributed by atoms with van der Waals surface area (Å²) in [5.74, 6) is -1.31. The van der Waals surface area contributed by atoms with Crippen LogP contribution in [0.3, 0.4) is 0 Å². The van der Waals surface area contributed by atoms with Crippen LogP contribution in [0.25, 0.3) is 11.5 Å². The van der Waals surface area contributed by atoms with Crippen LogP contribution in [0.5, 0.6) is 0 Å². The maximum Gasteiger partial charge on any atom is 0.408 e. The Morgan fingerprint density at radius 1 is 0.815 bits per heavy atom. The molecule has 0 radical (unpaired) electrons. The molecule has 2 atom stereocenters. The Morgan fingerprint density at radius 3 is 1.70 bits per heavy atom. The molecule has 0 aliphatic carbocycles. The highest BCUT2D eigenvalue weighted by Crippen LogP contribution is 2.26. The SMILES string of the molecule is CC(Nc1nc(NC(C)C(F)(F)F)nc(-c2cccc(S)n2)n1)C(F)(F)F. The van der Waals surface area contributed by atoms with E-state index in [-0.39, 0.29) is 16.5 Å². The van der Waals surface area contributed by atoms with Gasteiger partial charge in [-0.05, 0) is 26.0 Å². The lowest BCUT2D eigenvalue weighted by Gasteiger charge is -2.20. The number of thiol groups is 1. The van der Waals surface area contributed by atoms with Gasteiger partial charge in [0.1, 0.15) is 17.8 Å². The molecule has 0 fully saturated rings. The van der Waals surface area contributed by atoms with Gasteiger partial charge in [0.05, 0.1) is 5.03 Å². The summed E-state index contributed by atoms with van der Waals surface area (Å²) < 4.78 is 76.5. The third-order valence-electron chi connectivity index (χ3n) is 3.27. The third-order valence-corrected chi connectivity index (χ3v) is 3.52. The molecule has 27 heavy (non-hydrogen) atoms. The van der Waals surface area contributed by atoms with Gasteiger partial charge in [-0.2, -0.15) is 41.3 Å². The van der Waals surface area contributed by atoms with E-state index in [1.807, 2.05) is 10.6 Å². The molecule has 2 heterocycles. The zero-order chi connectivity index (χ0) is 20.4. The highest BCUT2D eigenvalue weighted by atomic mass is 32.1. The predicted molar refractivity (Wildman–Crippen MR) is 88.6 cm³/mol. The average molecular weight is 412 g/mol. The first-order valence-corrected chi connectivity index (χ1v) is 7.90. The Balaban J connectivity index is 2.44. The summed E-state index contributed by atoms with van der Waals surface area (Å²) in [6, 6.07) is 0.423. The molecule has 0 aliphatic heterocycles. The van der Waals surface area contributed by atoms with Gasteiger partial charge in [-0.1, -0.05) is 6.07 Å². The summed E-state index contributed by atoms with van der Waals surface area (Å²) in [6.07, 6.45) is -9.22. The summed E-state index contributed by atoms with van der Waals surface area (Å²) in [7, 11) is 0. The topological polar surface area (TPSA) is 75.6 Å². The predicted octanol–water partition coefficient (Wildman–Crippen LogP) is 3.95. The Morgan fingerprint density at radius 2 is 1.30 bits per heavy atom. The van der Waals surface area contributed by atoms with Gasteiger partial charge in [0, 0.05) is 0 Å². The lowest BCUT2D eigenvalue weighted by Crippen LogP contribution is -2.35. The molecular formula is C14H14F6N6S. The van der Waals surface area contributed by atoms with Crippen molar-refractivity contribution >= 4 is 24.5 Å². The van der Waals surface area contributed by atoms with Gasteiger partial charge in [-0.15, -0.1) is 12.6 Å². The van der Waals surface area contributed by atoms with E-state index in [0.29, 0.717) is 0 Å². The van der Waals surface area contributed by atoms with E-state index in [9.17, 15) is 26.3 Å². The number of hydrogen-bond donors (Lipinski definition) is 3. The van der Waals surface area contributed by atoms with Gasteiger partial charge >= 0.3 is 12.4 Å². The minimum absolute atomic E-state index is 0.107. The molecule has 2 rings (SSSR count). The van der Waals surface area contributed by atoms with Crippen molar-refractivity contribution in [2.24, 2.45) is 0 Å². The first-order valence-electron chi connectivity index (χ1n) is 7.45. The number of alkyl halides is 6. The van der Waals surface area contributed by atoms with Gasteiger partial charge in [-0.3, -0.25) is 0 Å². The molecule has 2 N–H and O–H groups in total. The monoisotopic (exact) mass is 412 g/mol. The van der Waals surface area contributed by atoms with E-state index < -0.39 is 36.3 Å². The highest BCUT2D eigenvalue weighted by molar-refractivity contribution is 7.80. The summed E-state index contributed by atoms with van der Waals surface area (Å²) in [6.45, 7) is 1.64. The van der Waals surface area contributed by atoms with Crippen LogP contribution in [0.4, 0.5) is 38.2 Å². The fourth-order valence-corrected chi connectivity index (χ4v) is 1.91. The second-order valence-electron chi connectivity index (χ2n) is 5.50. The number of halogens is 6. The van der Waals surface area contributed by atoms with Crippen LogP contribution in [0.2, 0.25) is 0 Å². The maximum absolute atomic E-state index is 12.8. The largest absolute Gasteiger partial charge is 0.408 e. The molecule has 0 bridgehead atoms. The van der Waals surface area contributed by atoms with Crippen molar-refractivity contribution in [3.05, 3.63) is 18.2 Å². The van der Waals surface area contributed by atoms with Gasteiger partial charge in [0.25, 0.3) is 0 Å². The molecule has 2 aromatic heterocycles. The molecule has 6 nitrogen and oxygen atoms in total. The van der Waals surface area contributed by atoms with Gasteiger partial charge in [0.15, 0.2) is 5.82 Å². The molecule has 2 aromatic rings. The molecule has 2 unspecified atom stereocenters. The number of anilines is 2. The second-order valence-corrected chi connectivity index (χ2v) is 5.96. The van der Waals surface area contributed by atoms with E-state index in [1.165, 1.54) is 18.2 Å². The van der Waals surface area contributed by atoms with Gasteiger partial charge in [-0.25, -0.2) is 4.98 Å². The number of nitrogens with one attached hydrogen (secondary N) is 2. The van der Waals surface area contributed by atoms with E-state index in [0.717, 1.165) is 13.8 Å². The van der Waals surface area contributed by atoms with E-state index in [1.54, 1.807) is 0 Å². The standard InChI is InChI=1S/C14H14F6N6S/c1-6(13(15,16)17)21-11-24-10(8-4-3-5-9(27)23-8)25-12(26-11)22-7(2)14(18,19)20/h3-7H,1-2H3,(H,23,27)(H2,21,22,24,25,26). The quantitative estimate of drug-likeness (QED) is 0.510. The molecule has 148 valence electrons. The Labute approximate surface area is 155 Å². The van der Waals surface area contributed by atoms with Crippen LogP contribution in [0.1, 0.15) is 13.8 Å². The van der Waals surface area contributed by atoms with Crippen molar-refractivity contribution in [3.63, 3.8) is 0 Å². The summed E-state index contributed by atoms with van der Waals surface area (Å²) in [4.78, 5) is 15.2. The zero-order valence-corrected chi connectivity index (χ0v) is 14.8. The first kappa shape index (κ1) is 21.0. The smallest absolute Gasteiger partial charge is 0.343 e. The average Bonchev–Trinajstić information content (AvgIpc) is 2.52. The van der Waals surface area contributed by atoms with Crippen LogP contribution in [-0.4, -0.2) is 44.4 Å². The molecule has 0 saturated carbocycles. The molecule has 13 heteroatoms. The number of aromatic nitrogens is 4. The molecule has 0 aromatic carbocycles. The van der Waals surface area contributed by atoms with Crippen molar-refractivity contribution in [2.75, 3.05) is 10.6 Å². The van der Waals surface area contributed by atoms with E-state index >= 15 is 0 Å². The van der Waals surface area contributed by atoms with E-state index in [2.05, 4.69) is 32.6 Å². The molecule has 0 spiro atoms. The van der Waals surface area contributed by atoms with Crippen molar-refractivity contribution < 1.29 is 26.3 Å². The molecular weight excluding hydrogens is 398 g/mol. The number of rotatable bonds is 5. The summed E-state index contributed by atoms with van der Waals surface area (Å²) in [5.41, 5.74) is 0.107. The minimum atomic E-state index is -4.61. The highest BCUT2D eigenvalue weighted by Gasteiger charge is 2.38. The molecule has 0 saturated heterocycles. The summed E-state index contributed by atoms with van der Waals surface area (Å²) >= 11 is 4.03.